The Kier molecular flexibility index (Phi) is 12.5. The molecule has 136 valence electrons. The number of hydrogen-bond donors (Lipinski definition) is 0. The summed E-state index contributed by atoms with van der Waals surface area (Å²) in [5, 5.41) is 0. The predicted octanol–water partition coefficient (Wildman–Crippen LogP) is 6.94. The fourth-order valence-electron chi connectivity index (χ4n) is 3.17. The third kappa shape index (κ3) is 9.27. The van der Waals surface area contributed by atoms with Gasteiger partial charge in [0, 0.05) is 6.04 Å². The summed E-state index contributed by atoms with van der Waals surface area (Å²) in [7, 11) is 0. The molecule has 0 saturated heterocycles. The van der Waals surface area contributed by atoms with Crippen LogP contribution in [0.1, 0.15) is 84.1 Å². The summed E-state index contributed by atoms with van der Waals surface area (Å²) in [6, 6.07) is 11.3. The van der Waals surface area contributed by atoms with Gasteiger partial charge in [0.15, 0.2) is 0 Å². The van der Waals surface area contributed by atoms with Crippen LogP contribution in [0, 0.1) is 0 Å². The van der Waals surface area contributed by atoms with Crippen LogP contribution in [0.15, 0.2) is 36.4 Å². The third-order valence-electron chi connectivity index (χ3n) is 4.73. The Labute approximate surface area is 151 Å². The lowest BCUT2D eigenvalue weighted by Gasteiger charge is -2.30. The van der Waals surface area contributed by atoms with Crippen molar-refractivity contribution >= 4 is 6.08 Å². The first kappa shape index (κ1) is 21.0. The maximum atomic E-state index is 2.75. The molecule has 0 bridgehead atoms. The Hall–Kier alpha value is -1.08. The van der Waals surface area contributed by atoms with Crippen LogP contribution in [0.4, 0.5) is 0 Å². The highest BCUT2D eigenvalue weighted by Crippen LogP contribution is 2.16. The van der Waals surface area contributed by atoms with Crippen LogP contribution in [0.25, 0.3) is 6.08 Å². The Balaban J connectivity index is 2.73. The first-order valence-corrected chi connectivity index (χ1v) is 10.3. The quantitative estimate of drug-likeness (QED) is 0.334. The number of nitrogens with zero attached hydrogens (tertiary/aromatic N) is 1. The molecule has 1 aromatic rings. The standard InChI is InChI=1S/C23H39N/c1-4-7-13-20-24(21-14-8-5-2)23(17-9-6-3)19-18-22-15-11-10-12-16-22/h10-12,15-16,18-19,23H,4-9,13-14,17,20-21H2,1-3H3. The smallest absolute Gasteiger partial charge is 0.0281 e. The fourth-order valence-corrected chi connectivity index (χ4v) is 3.17. The minimum absolute atomic E-state index is 0.596. The number of hydrogen-bond acceptors (Lipinski definition) is 1. The molecule has 0 spiro atoms. The molecule has 1 rings (SSSR count). The number of unbranched alkanes of at least 4 members (excludes halogenated alkanes) is 5. The molecule has 0 amide bonds. The van der Waals surface area contributed by atoms with Gasteiger partial charge in [0.05, 0.1) is 0 Å². The molecule has 1 aromatic carbocycles. The molecule has 0 saturated carbocycles. The second kappa shape index (κ2) is 14.3. The fraction of sp³-hybridized carbons (Fsp3) is 0.652. The summed E-state index contributed by atoms with van der Waals surface area (Å²) in [6.07, 6.45) is 16.7. The van der Waals surface area contributed by atoms with Crippen LogP contribution in [0.2, 0.25) is 0 Å². The average molecular weight is 330 g/mol. The molecule has 0 aliphatic heterocycles. The van der Waals surface area contributed by atoms with E-state index in [-0.39, 0.29) is 0 Å². The number of benzene rings is 1. The summed E-state index contributed by atoms with van der Waals surface area (Å²) >= 11 is 0. The molecule has 0 N–H and O–H groups in total. The molecule has 0 aliphatic rings. The molecule has 24 heavy (non-hydrogen) atoms. The number of rotatable bonds is 14. The van der Waals surface area contributed by atoms with Gasteiger partial charge in [-0.25, -0.2) is 0 Å². The minimum atomic E-state index is 0.596. The third-order valence-corrected chi connectivity index (χ3v) is 4.73. The molecule has 1 unspecified atom stereocenters. The maximum Gasteiger partial charge on any atom is 0.0281 e. The molecule has 0 radical (unpaired) electrons. The molecule has 1 heteroatoms. The van der Waals surface area contributed by atoms with Crippen molar-refractivity contribution in [3.05, 3.63) is 42.0 Å². The van der Waals surface area contributed by atoms with E-state index in [0.717, 1.165) is 0 Å². The highest BCUT2D eigenvalue weighted by atomic mass is 15.1. The minimum Gasteiger partial charge on any atom is -0.297 e. The van der Waals surface area contributed by atoms with Gasteiger partial charge >= 0.3 is 0 Å². The van der Waals surface area contributed by atoms with Gasteiger partial charge in [-0.15, -0.1) is 0 Å². The van der Waals surface area contributed by atoms with Gasteiger partial charge in [-0.2, -0.15) is 0 Å². The van der Waals surface area contributed by atoms with Gasteiger partial charge < -0.3 is 0 Å². The van der Waals surface area contributed by atoms with Crippen LogP contribution < -0.4 is 0 Å². The average Bonchev–Trinajstić information content (AvgIpc) is 2.62. The van der Waals surface area contributed by atoms with Crippen molar-refractivity contribution in [2.24, 2.45) is 0 Å². The molecule has 1 nitrogen and oxygen atoms in total. The Bertz CT molecular complexity index is 399. The molecule has 0 fully saturated rings. The predicted molar refractivity (Wildman–Crippen MR) is 109 cm³/mol. The van der Waals surface area contributed by atoms with Gasteiger partial charge in [0.25, 0.3) is 0 Å². The van der Waals surface area contributed by atoms with E-state index < -0.39 is 0 Å². The maximum absolute atomic E-state index is 2.75. The van der Waals surface area contributed by atoms with E-state index in [0.29, 0.717) is 6.04 Å². The van der Waals surface area contributed by atoms with E-state index in [1.165, 1.54) is 76.4 Å². The van der Waals surface area contributed by atoms with Crippen molar-refractivity contribution in [2.75, 3.05) is 13.1 Å². The molecule has 0 aromatic heterocycles. The van der Waals surface area contributed by atoms with Crippen LogP contribution in [0.3, 0.4) is 0 Å². The van der Waals surface area contributed by atoms with Crippen molar-refractivity contribution in [3.63, 3.8) is 0 Å². The summed E-state index contributed by atoms with van der Waals surface area (Å²) in [6.45, 7) is 9.41. The van der Waals surface area contributed by atoms with E-state index in [2.05, 4.69) is 68.2 Å². The normalized spacial score (nSPS) is 13.0. The zero-order valence-electron chi connectivity index (χ0n) is 16.3. The summed E-state index contributed by atoms with van der Waals surface area (Å²) in [5.74, 6) is 0. The van der Waals surface area contributed by atoms with Crippen molar-refractivity contribution in [3.8, 4) is 0 Å². The Morgan fingerprint density at radius 1 is 0.792 bits per heavy atom. The van der Waals surface area contributed by atoms with Gasteiger partial charge in [0.2, 0.25) is 0 Å². The van der Waals surface area contributed by atoms with Crippen LogP contribution in [-0.2, 0) is 0 Å². The second-order valence-electron chi connectivity index (χ2n) is 6.93. The molecular weight excluding hydrogens is 290 g/mol. The van der Waals surface area contributed by atoms with Crippen molar-refractivity contribution in [2.45, 2.75) is 84.6 Å². The van der Waals surface area contributed by atoms with Gasteiger partial charge in [-0.1, -0.05) is 102 Å². The topological polar surface area (TPSA) is 3.24 Å². The molecule has 0 aliphatic carbocycles. The van der Waals surface area contributed by atoms with E-state index in [1.54, 1.807) is 0 Å². The first-order valence-electron chi connectivity index (χ1n) is 10.3. The van der Waals surface area contributed by atoms with Gasteiger partial charge in [0.1, 0.15) is 0 Å². The molecule has 0 heterocycles. The summed E-state index contributed by atoms with van der Waals surface area (Å²) < 4.78 is 0. The van der Waals surface area contributed by atoms with E-state index in [1.807, 2.05) is 0 Å². The summed E-state index contributed by atoms with van der Waals surface area (Å²) in [5.41, 5.74) is 1.32. The highest BCUT2D eigenvalue weighted by molar-refractivity contribution is 5.49. The monoisotopic (exact) mass is 329 g/mol. The first-order chi connectivity index (χ1) is 11.8. The van der Waals surface area contributed by atoms with Crippen molar-refractivity contribution in [1.29, 1.82) is 0 Å². The molecular formula is C23H39N. The summed E-state index contributed by atoms with van der Waals surface area (Å²) in [4.78, 5) is 2.75. The zero-order valence-corrected chi connectivity index (χ0v) is 16.3. The van der Waals surface area contributed by atoms with E-state index in [4.69, 9.17) is 0 Å². The van der Waals surface area contributed by atoms with Crippen LogP contribution >= 0.6 is 0 Å². The zero-order chi connectivity index (χ0) is 17.5. The van der Waals surface area contributed by atoms with Crippen LogP contribution in [0.5, 0.6) is 0 Å². The van der Waals surface area contributed by atoms with Crippen molar-refractivity contribution in [1.82, 2.24) is 4.90 Å². The lowest BCUT2D eigenvalue weighted by atomic mass is 10.0. The lowest BCUT2D eigenvalue weighted by Crippen LogP contribution is -2.35. The van der Waals surface area contributed by atoms with Gasteiger partial charge in [-0.05, 0) is 37.9 Å². The van der Waals surface area contributed by atoms with Crippen molar-refractivity contribution < 1.29 is 0 Å². The highest BCUT2D eigenvalue weighted by Gasteiger charge is 2.14. The van der Waals surface area contributed by atoms with Crippen LogP contribution in [-0.4, -0.2) is 24.0 Å². The van der Waals surface area contributed by atoms with E-state index >= 15 is 0 Å². The Morgan fingerprint density at radius 2 is 1.38 bits per heavy atom. The van der Waals surface area contributed by atoms with Gasteiger partial charge in [-0.3, -0.25) is 4.90 Å². The van der Waals surface area contributed by atoms with E-state index in [9.17, 15) is 0 Å². The largest absolute Gasteiger partial charge is 0.297 e. The lowest BCUT2D eigenvalue weighted by molar-refractivity contribution is 0.209. The second-order valence-corrected chi connectivity index (χ2v) is 6.93. The Morgan fingerprint density at radius 3 is 1.92 bits per heavy atom. The SMILES string of the molecule is CCCCCN(CCCCC)C(C=Cc1ccccc1)CCCC. The molecule has 1 atom stereocenters.